The molecule has 2 aliphatic rings. The molecule has 102 valence electrons. The summed E-state index contributed by atoms with van der Waals surface area (Å²) in [5.41, 5.74) is -0.554. The quantitative estimate of drug-likeness (QED) is 0.772. The molecule has 0 atom stereocenters. The average molecular weight is 252 g/mol. The van der Waals surface area contributed by atoms with Gasteiger partial charge in [0.1, 0.15) is 5.54 Å². The summed E-state index contributed by atoms with van der Waals surface area (Å²) < 4.78 is 0. The van der Waals surface area contributed by atoms with Crippen LogP contribution in [0.3, 0.4) is 0 Å². The van der Waals surface area contributed by atoms with Crippen LogP contribution in [0.25, 0.3) is 0 Å². The largest absolute Gasteiger partial charge is 0.340 e. The number of nitrogens with one attached hydrogen (secondary N) is 1. The van der Waals surface area contributed by atoms with Crippen molar-refractivity contribution >= 4 is 11.8 Å². The molecule has 2 amide bonds. The minimum atomic E-state index is -0.584. The Kier molecular flexibility index (Phi) is 3.39. The fourth-order valence-electron chi connectivity index (χ4n) is 3.10. The second-order valence-corrected chi connectivity index (χ2v) is 6.91. The number of carbonyl (C=O) groups excluding carboxylic acids is 2. The van der Waals surface area contributed by atoms with Gasteiger partial charge in [-0.3, -0.25) is 9.59 Å². The molecule has 18 heavy (non-hydrogen) atoms. The lowest BCUT2D eigenvalue weighted by atomic mass is 9.79. The minimum absolute atomic E-state index is 0.000694. The van der Waals surface area contributed by atoms with Crippen molar-refractivity contribution in [2.24, 2.45) is 5.41 Å². The molecule has 1 aliphatic heterocycles. The Morgan fingerprint density at radius 2 is 1.78 bits per heavy atom. The summed E-state index contributed by atoms with van der Waals surface area (Å²) in [6.07, 6.45) is 4.85. The van der Waals surface area contributed by atoms with E-state index in [1.807, 2.05) is 0 Å². The van der Waals surface area contributed by atoms with Crippen molar-refractivity contribution in [1.82, 2.24) is 10.2 Å². The van der Waals surface area contributed by atoms with Gasteiger partial charge in [0.15, 0.2) is 0 Å². The molecule has 2 fully saturated rings. The third-order valence-electron chi connectivity index (χ3n) is 3.78. The lowest BCUT2D eigenvalue weighted by Gasteiger charge is -2.45. The van der Waals surface area contributed by atoms with E-state index in [9.17, 15) is 9.59 Å². The van der Waals surface area contributed by atoms with Gasteiger partial charge in [-0.25, -0.2) is 0 Å². The van der Waals surface area contributed by atoms with Gasteiger partial charge in [0.05, 0.1) is 6.54 Å². The number of amides is 2. The van der Waals surface area contributed by atoms with E-state index >= 15 is 0 Å². The Hall–Kier alpha value is -1.06. The third-order valence-corrected chi connectivity index (χ3v) is 3.78. The SMILES string of the molecule is CC(C)(C)CN1CC(=O)NC2(CCCCC2)C1=O. The fraction of sp³-hybridized carbons (Fsp3) is 0.857. The molecule has 2 rings (SSSR count). The molecule has 0 radical (unpaired) electrons. The van der Waals surface area contributed by atoms with E-state index in [2.05, 4.69) is 26.1 Å². The second-order valence-electron chi connectivity index (χ2n) is 6.91. The van der Waals surface area contributed by atoms with E-state index in [0.29, 0.717) is 6.54 Å². The molecule has 1 heterocycles. The van der Waals surface area contributed by atoms with Crippen molar-refractivity contribution in [2.75, 3.05) is 13.1 Å². The maximum Gasteiger partial charge on any atom is 0.248 e. The number of piperazine rings is 1. The van der Waals surface area contributed by atoms with Crippen LogP contribution in [-0.4, -0.2) is 35.3 Å². The first-order valence-electron chi connectivity index (χ1n) is 6.93. The summed E-state index contributed by atoms with van der Waals surface area (Å²) in [4.78, 5) is 26.3. The zero-order valence-electron chi connectivity index (χ0n) is 11.7. The zero-order valence-corrected chi connectivity index (χ0v) is 11.7. The molecule has 0 bridgehead atoms. The van der Waals surface area contributed by atoms with E-state index in [1.165, 1.54) is 6.42 Å². The molecule has 1 saturated carbocycles. The van der Waals surface area contributed by atoms with Crippen LogP contribution in [-0.2, 0) is 9.59 Å². The molecule has 1 saturated heterocycles. The predicted molar refractivity (Wildman–Crippen MR) is 70.0 cm³/mol. The molecular formula is C14H24N2O2. The maximum atomic E-state index is 12.6. The molecule has 0 unspecified atom stereocenters. The topological polar surface area (TPSA) is 49.4 Å². The number of hydrogen-bond donors (Lipinski definition) is 1. The zero-order chi connectivity index (χ0) is 13.4. The predicted octanol–water partition coefficient (Wildman–Crippen LogP) is 1.69. The number of nitrogens with zero attached hydrogens (tertiary/aromatic N) is 1. The van der Waals surface area contributed by atoms with Crippen LogP contribution in [0, 0.1) is 5.41 Å². The maximum absolute atomic E-state index is 12.6. The Bertz CT molecular complexity index is 351. The average Bonchev–Trinajstić information content (AvgIpc) is 2.24. The number of rotatable bonds is 1. The van der Waals surface area contributed by atoms with Crippen LogP contribution >= 0.6 is 0 Å². The van der Waals surface area contributed by atoms with Gasteiger partial charge in [0, 0.05) is 6.54 Å². The van der Waals surface area contributed by atoms with E-state index < -0.39 is 5.54 Å². The van der Waals surface area contributed by atoms with Crippen molar-refractivity contribution in [3.8, 4) is 0 Å². The van der Waals surface area contributed by atoms with Crippen molar-refractivity contribution in [3.63, 3.8) is 0 Å². The molecule has 4 nitrogen and oxygen atoms in total. The van der Waals surface area contributed by atoms with Crippen LogP contribution in [0.2, 0.25) is 0 Å². The standard InChI is InChI=1S/C14H24N2O2/c1-13(2,3)10-16-9-11(17)15-14(12(16)18)7-5-4-6-8-14/h4-10H2,1-3H3,(H,15,17). The smallest absolute Gasteiger partial charge is 0.248 e. The highest BCUT2D eigenvalue weighted by molar-refractivity contribution is 5.98. The van der Waals surface area contributed by atoms with E-state index in [-0.39, 0.29) is 23.8 Å². The van der Waals surface area contributed by atoms with Crippen molar-refractivity contribution < 1.29 is 9.59 Å². The van der Waals surface area contributed by atoms with Gasteiger partial charge < -0.3 is 10.2 Å². The highest BCUT2D eigenvalue weighted by Gasteiger charge is 2.47. The second kappa shape index (κ2) is 4.56. The first kappa shape index (κ1) is 13.4. The van der Waals surface area contributed by atoms with Crippen LogP contribution in [0.5, 0.6) is 0 Å². The first-order valence-corrected chi connectivity index (χ1v) is 6.93. The molecule has 1 N–H and O–H groups in total. The number of carbonyl (C=O) groups is 2. The molecular weight excluding hydrogens is 228 g/mol. The summed E-state index contributed by atoms with van der Waals surface area (Å²) >= 11 is 0. The van der Waals surface area contributed by atoms with E-state index in [4.69, 9.17) is 0 Å². The van der Waals surface area contributed by atoms with Crippen molar-refractivity contribution in [2.45, 2.75) is 58.4 Å². The highest BCUT2D eigenvalue weighted by atomic mass is 16.2. The van der Waals surface area contributed by atoms with Crippen LogP contribution in [0.15, 0.2) is 0 Å². The van der Waals surface area contributed by atoms with Crippen molar-refractivity contribution in [1.29, 1.82) is 0 Å². The van der Waals surface area contributed by atoms with Crippen molar-refractivity contribution in [3.05, 3.63) is 0 Å². The van der Waals surface area contributed by atoms with Gasteiger partial charge in [0.25, 0.3) is 0 Å². The van der Waals surface area contributed by atoms with E-state index in [1.54, 1.807) is 4.90 Å². The van der Waals surface area contributed by atoms with E-state index in [0.717, 1.165) is 25.7 Å². The lowest BCUT2D eigenvalue weighted by Crippen LogP contribution is -2.67. The Morgan fingerprint density at radius 3 is 2.33 bits per heavy atom. The van der Waals surface area contributed by atoms with Crippen LogP contribution < -0.4 is 5.32 Å². The Balaban J connectivity index is 2.17. The fourth-order valence-corrected chi connectivity index (χ4v) is 3.10. The van der Waals surface area contributed by atoms with Crippen LogP contribution in [0.1, 0.15) is 52.9 Å². The highest BCUT2D eigenvalue weighted by Crippen LogP contribution is 2.32. The summed E-state index contributed by atoms with van der Waals surface area (Å²) in [5, 5.41) is 2.97. The number of hydrogen-bond acceptors (Lipinski definition) is 2. The minimum Gasteiger partial charge on any atom is -0.340 e. The summed E-state index contributed by atoms with van der Waals surface area (Å²) in [6.45, 7) is 7.17. The third kappa shape index (κ3) is 2.68. The van der Waals surface area contributed by atoms with Gasteiger partial charge in [-0.2, -0.15) is 0 Å². The van der Waals surface area contributed by atoms with Gasteiger partial charge in [-0.15, -0.1) is 0 Å². The van der Waals surface area contributed by atoms with Gasteiger partial charge in [-0.1, -0.05) is 40.0 Å². The molecule has 1 aliphatic carbocycles. The monoisotopic (exact) mass is 252 g/mol. The molecule has 4 heteroatoms. The summed E-state index contributed by atoms with van der Waals surface area (Å²) in [6, 6.07) is 0. The van der Waals surface area contributed by atoms with Gasteiger partial charge in [0.2, 0.25) is 11.8 Å². The molecule has 1 spiro atoms. The normalized spacial score (nSPS) is 24.3. The van der Waals surface area contributed by atoms with Crippen LogP contribution in [0.4, 0.5) is 0 Å². The summed E-state index contributed by atoms with van der Waals surface area (Å²) in [5.74, 6) is 0.137. The molecule has 0 aromatic heterocycles. The first-order chi connectivity index (χ1) is 8.32. The Morgan fingerprint density at radius 1 is 1.17 bits per heavy atom. The lowest BCUT2D eigenvalue weighted by molar-refractivity contribution is -0.152. The molecule has 0 aromatic rings. The Labute approximate surface area is 109 Å². The van der Waals surface area contributed by atoms with Gasteiger partial charge >= 0.3 is 0 Å². The summed E-state index contributed by atoms with van der Waals surface area (Å²) in [7, 11) is 0. The molecule has 0 aromatic carbocycles. The van der Waals surface area contributed by atoms with Gasteiger partial charge in [-0.05, 0) is 18.3 Å².